The summed E-state index contributed by atoms with van der Waals surface area (Å²) in [5, 5.41) is 4.57. The average molecular weight is 471 g/mol. The van der Waals surface area contributed by atoms with Crippen LogP contribution in [0.1, 0.15) is 6.42 Å². The topological polar surface area (TPSA) is 118 Å². The van der Waals surface area contributed by atoms with Crippen molar-refractivity contribution in [1.82, 2.24) is 24.9 Å². The largest absolute Gasteiger partial charge is 0.422 e. The van der Waals surface area contributed by atoms with Crippen LogP contribution in [0.4, 0.5) is 15.9 Å². The number of anilines is 2. The summed E-state index contributed by atoms with van der Waals surface area (Å²) in [7, 11) is 1.77. The summed E-state index contributed by atoms with van der Waals surface area (Å²) in [6.07, 6.45) is 4.36. The van der Waals surface area contributed by atoms with Gasteiger partial charge in [-0.15, -0.1) is 0 Å². The number of nitrogens with zero attached hydrogens (tertiary/aromatic N) is 5. The normalized spacial score (nSPS) is 21.5. The summed E-state index contributed by atoms with van der Waals surface area (Å²) in [5.74, 6) is 1.87. The zero-order valence-electron chi connectivity index (χ0n) is 19.0. The van der Waals surface area contributed by atoms with Gasteiger partial charge in [0.05, 0.1) is 33.8 Å². The number of ether oxygens (including phenoxy) is 1. The molecule has 10 heteroatoms. The highest BCUT2D eigenvalue weighted by Gasteiger charge is 2.46. The number of H-pyrrole nitrogens is 1. The van der Waals surface area contributed by atoms with E-state index in [1.165, 1.54) is 12.1 Å². The maximum Gasteiger partial charge on any atom is 0.326 e. The predicted octanol–water partition coefficient (Wildman–Crippen LogP) is 3.81. The predicted molar refractivity (Wildman–Crippen MR) is 132 cm³/mol. The molecule has 4 N–H and O–H groups in total. The molecule has 3 atom stereocenters. The van der Waals surface area contributed by atoms with Gasteiger partial charge in [-0.05, 0) is 42.5 Å². The summed E-state index contributed by atoms with van der Waals surface area (Å²) in [4.78, 5) is 23.8. The molecule has 1 aromatic carbocycles. The van der Waals surface area contributed by atoms with Crippen LogP contribution in [0.2, 0.25) is 0 Å². The van der Waals surface area contributed by atoms with E-state index in [9.17, 15) is 4.39 Å². The smallest absolute Gasteiger partial charge is 0.326 e. The van der Waals surface area contributed by atoms with E-state index in [4.69, 9.17) is 15.5 Å². The maximum absolute atomic E-state index is 14.5. The van der Waals surface area contributed by atoms with Crippen molar-refractivity contribution in [1.29, 1.82) is 0 Å². The number of hydrogen-bond donors (Lipinski definition) is 3. The minimum atomic E-state index is -0.327. The fourth-order valence-electron chi connectivity index (χ4n) is 5.52. The van der Waals surface area contributed by atoms with Crippen LogP contribution in [0.5, 0.6) is 11.8 Å². The number of nitrogens with one attached hydrogen (secondary N) is 2. The average Bonchev–Trinajstić information content (AvgIpc) is 3.40. The molecule has 7 rings (SSSR count). The van der Waals surface area contributed by atoms with Crippen molar-refractivity contribution in [2.24, 2.45) is 17.6 Å². The number of aromatic nitrogens is 5. The van der Waals surface area contributed by atoms with E-state index in [-0.39, 0.29) is 17.9 Å². The Labute approximate surface area is 199 Å². The maximum atomic E-state index is 14.5. The molecule has 9 nitrogen and oxygen atoms in total. The quantitative estimate of drug-likeness (QED) is 0.363. The lowest BCUT2D eigenvalue weighted by molar-refractivity contribution is 0.194. The second-order valence-corrected chi connectivity index (χ2v) is 9.35. The van der Waals surface area contributed by atoms with E-state index in [0.717, 1.165) is 52.7 Å². The van der Waals surface area contributed by atoms with Gasteiger partial charge in [0.1, 0.15) is 17.3 Å². The molecule has 0 radical (unpaired) electrons. The number of rotatable bonds is 4. The zero-order chi connectivity index (χ0) is 23.7. The molecule has 0 amide bonds. The Morgan fingerprint density at radius 3 is 2.91 bits per heavy atom. The Morgan fingerprint density at radius 2 is 2.09 bits per heavy atom. The molecule has 0 bridgehead atoms. The van der Waals surface area contributed by atoms with Crippen molar-refractivity contribution in [2.75, 3.05) is 30.4 Å². The zero-order valence-corrected chi connectivity index (χ0v) is 19.0. The van der Waals surface area contributed by atoms with Crippen molar-refractivity contribution in [3.8, 4) is 11.8 Å². The summed E-state index contributed by atoms with van der Waals surface area (Å²) in [6.45, 7) is 1.66. The molecule has 4 aromatic heterocycles. The van der Waals surface area contributed by atoms with Crippen LogP contribution in [0.3, 0.4) is 0 Å². The third-order valence-electron chi connectivity index (χ3n) is 7.31. The first kappa shape index (κ1) is 20.3. The fraction of sp³-hybridized carbons (Fsp3) is 0.280. The molecule has 1 aliphatic carbocycles. The molecular formula is C25H23FN8O. The van der Waals surface area contributed by atoms with Crippen LogP contribution in [-0.4, -0.2) is 51.1 Å². The van der Waals surface area contributed by atoms with Crippen molar-refractivity contribution < 1.29 is 9.13 Å². The van der Waals surface area contributed by atoms with Gasteiger partial charge in [0.25, 0.3) is 0 Å². The lowest BCUT2D eigenvalue weighted by Crippen LogP contribution is -2.46. The summed E-state index contributed by atoms with van der Waals surface area (Å²) in [6, 6.07) is 8.93. The van der Waals surface area contributed by atoms with Crippen molar-refractivity contribution in [3.05, 3.63) is 48.5 Å². The molecule has 1 saturated carbocycles. The Hall–Kier alpha value is -4.05. The van der Waals surface area contributed by atoms with Crippen LogP contribution in [-0.2, 0) is 0 Å². The van der Waals surface area contributed by atoms with Crippen LogP contribution < -0.4 is 20.7 Å². The van der Waals surface area contributed by atoms with E-state index in [1.807, 2.05) is 18.2 Å². The molecule has 5 heterocycles. The molecule has 0 unspecified atom stereocenters. The lowest BCUT2D eigenvalue weighted by Gasteiger charge is -2.36. The Bertz CT molecular complexity index is 1620. The second-order valence-electron chi connectivity index (χ2n) is 9.35. The van der Waals surface area contributed by atoms with Gasteiger partial charge in [-0.1, -0.05) is 0 Å². The summed E-state index contributed by atoms with van der Waals surface area (Å²) < 4.78 is 20.6. The monoisotopic (exact) mass is 470 g/mol. The molecule has 2 aliphatic rings. The minimum Gasteiger partial charge on any atom is -0.422 e. The second kappa shape index (κ2) is 7.47. The fourth-order valence-corrected chi connectivity index (χ4v) is 5.52. The van der Waals surface area contributed by atoms with Gasteiger partial charge < -0.3 is 25.7 Å². The summed E-state index contributed by atoms with van der Waals surface area (Å²) in [5.41, 5.74) is 9.76. The number of hydrogen-bond acceptors (Lipinski definition) is 8. The van der Waals surface area contributed by atoms with E-state index < -0.39 is 0 Å². The number of benzene rings is 1. The lowest BCUT2D eigenvalue weighted by atomic mass is 9.72. The third kappa shape index (κ3) is 3.17. The van der Waals surface area contributed by atoms with E-state index in [0.29, 0.717) is 28.9 Å². The molecule has 35 heavy (non-hydrogen) atoms. The number of nitrogens with two attached hydrogens (primary N) is 1. The number of pyridine rings is 2. The molecular weight excluding hydrogens is 447 g/mol. The summed E-state index contributed by atoms with van der Waals surface area (Å²) >= 11 is 0. The number of halogens is 1. The molecule has 1 aliphatic heterocycles. The molecule has 176 valence electrons. The first-order chi connectivity index (χ1) is 17.1. The minimum absolute atomic E-state index is 0.186. The Kier molecular flexibility index (Phi) is 4.34. The Morgan fingerprint density at radius 1 is 1.17 bits per heavy atom. The highest BCUT2D eigenvalue weighted by Crippen LogP contribution is 2.44. The SMILES string of the molecule is CNc1cc(F)cc2c1[nH]c1nc(Oc3cnc4cccnc4c3)nc(N3C[C@H]4C[C@@H](N)[C@H]4C3)c12. The Balaban J connectivity index is 1.39. The van der Waals surface area contributed by atoms with Crippen molar-refractivity contribution in [2.45, 2.75) is 12.5 Å². The molecule has 2 fully saturated rings. The standard InChI is InChI=1S/C25H23FN8O/c1-28-20-7-13(26)6-15-21-23(31-22(15)20)32-25(33-24(21)34-10-12-5-17(27)16(12)11-34)35-14-8-19-18(30-9-14)3-2-4-29-19/h2-4,6-9,12,16-17,28H,5,10-11,27H2,1H3,(H,31,32,33)/t12-,16+,17-/m1/s1. The first-order valence-electron chi connectivity index (χ1n) is 11.7. The van der Waals surface area contributed by atoms with Crippen LogP contribution in [0.15, 0.2) is 42.7 Å². The third-order valence-corrected chi connectivity index (χ3v) is 7.31. The van der Waals surface area contributed by atoms with Crippen LogP contribution >= 0.6 is 0 Å². The van der Waals surface area contributed by atoms with Crippen LogP contribution in [0, 0.1) is 17.7 Å². The van der Waals surface area contributed by atoms with Crippen molar-refractivity contribution in [3.63, 3.8) is 0 Å². The van der Waals surface area contributed by atoms with Gasteiger partial charge >= 0.3 is 6.01 Å². The van der Waals surface area contributed by atoms with Gasteiger partial charge in [-0.25, -0.2) is 4.39 Å². The van der Waals surface area contributed by atoms with E-state index >= 15 is 0 Å². The molecule has 5 aromatic rings. The van der Waals surface area contributed by atoms with Gasteiger partial charge in [0, 0.05) is 43.8 Å². The number of fused-ring (bicyclic) bond motifs is 5. The van der Waals surface area contributed by atoms with Gasteiger partial charge in [0.15, 0.2) is 5.75 Å². The number of aromatic amines is 1. The van der Waals surface area contributed by atoms with Crippen LogP contribution in [0.25, 0.3) is 33.0 Å². The molecule has 0 spiro atoms. The van der Waals surface area contributed by atoms with Crippen molar-refractivity contribution >= 4 is 44.5 Å². The first-order valence-corrected chi connectivity index (χ1v) is 11.7. The van der Waals surface area contributed by atoms with Gasteiger partial charge in [-0.3, -0.25) is 9.97 Å². The van der Waals surface area contributed by atoms with E-state index in [2.05, 4.69) is 30.2 Å². The molecule has 1 saturated heterocycles. The van der Waals surface area contributed by atoms with Gasteiger partial charge in [-0.2, -0.15) is 9.97 Å². The van der Waals surface area contributed by atoms with E-state index in [1.54, 1.807) is 19.4 Å². The highest BCUT2D eigenvalue weighted by atomic mass is 19.1. The van der Waals surface area contributed by atoms with Gasteiger partial charge in [0.2, 0.25) is 0 Å². The highest BCUT2D eigenvalue weighted by molar-refractivity contribution is 6.14.